The molecule has 0 radical (unpaired) electrons. The Morgan fingerprint density at radius 3 is 2.33 bits per heavy atom. The number of aromatic hydroxyl groups is 2. The van der Waals surface area contributed by atoms with Crippen LogP contribution >= 0.6 is 0 Å². The number of ketones is 1. The van der Waals surface area contributed by atoms with E-state index in [2.05, 4.69) is 15.2 Å². The highest BCUT2D eigenvalue weighted by Gasteiger charge is 2.50. The third kappa shape index (κ3) is 9.53. The number of rotatable bonds is 8. The Kier molecular flexibility index (Phi) is 14.9. The number of aliphatic hydroxyl groups excluding tert-OH is 2. The summed E-state index contributed by atoms with van der Waals surface area (Å²) in [6.45, 7) is 16.4. The van der Waals surface area contributed by atoms with Gasteiger partial charge in [-0.2, -0.15) is 0 Å². The summed E-state index contributed by atoms with van der Waals surface area (Å²) in [6.07, 6.45) is 6.89. The van der Waals surface area contributed by atoms with Gasteiger partial charge in [0.15, 0.2) is 17.2 Å². The van der Waals surface area contributed by atoms with Crippen molar-refractivity contribution in [3.8, 4) is 17.2 Å². The Labute approximate surface area is 405 Å². The summed E-state index contributed by atoms with van der Waals surface area (Å²) < 4.78 is 26.0. The van der Waals surface area contributed by atoms with Gasteiger partial charge >= 0.3 is 17.6 Å². The number of anilines is 1. The normalized spacial score (nSPS) is 29.9. The van der Waals surface area contributed by atoms with E-state index in [4.69, 9.17) is 28.9 Å². The zero-order chi connectivity index (χ0) is 51.1. The molecule has 1 amide bonds. The van der Waals surface area contributed by atoms with Crippen LogP contribution in [0.1, 0.15) is 95.9 Å². The number of phenols is 2. The number of carbonyl (C=O) groups excluding carboxylic acids is 3. The van der Waals surface area contributed by atoms with Gasteiger partial charge in [0.05, 0.1) is 40.9 Å². The lowest BCUT2D eigenvalue weighted by Crippen LogP contribution is -2.47. The number of aryl methyl sites for hydroxylation is 1. The number of Topliss-reactive ketones (excluding diaryl/α,β-unsaturated/α-hetero) is 1. The molecular formula is C50H65N7O13. The van der Waals surface area contributed by atoms with Crippen molar-refractivity contribution in [2.75, 3.05) is 32.1 Å². The predicted octanol–water partition coefficient (Wildman–Crippen LogP) is 4.99. The molecule has 0 saturated carbocycles. The zero-order valence-corrected chi connectivity index (χ0v) is 41.4. The second kappa shape index (κ2) is 20.2. The van der Waals surface area contributed by atoms with Gasteiger partial charge < -0.3 is 54.8 Å². The molecule has 378 valence electrons. The Hall–Kier alpha value is -6.22. The number of fused-ring (bicyclic) bond motifs is 1. The number of likely N-dealkylation sites (tertiary alicyclic amines) is 1. The van der Waals surface area contributed by atoms with E-state index >= 15 is 0 Å². The average Bonchev–Trinajstić information content (AvgIpc) is 3.97. The molecular weight excluding hydrogens is 907 g/mol. The first-order valence-electron chi connectivity index (χ1n) is 23.8. The van der Waals surface area contributed by atoms with E-state index in [1.54, 1.807) is 57.4 Å². The number of amides is 1. The second-order valence-electron chi connectivity index (χ2n) is 19.3. The molecule has 1 saturated heterocycles. The topological polar surface area (TPSA) is 270 Å². The van der Waals surface area contributed by atoms with Crippen LogP contribution in [-0.4, -0.2) is 120 Å². The molecule has 1 aromatic heterocycles. The van der Waals surface area contributed by atoms with Crippen molar-refractivity contribution in [2.45, 2.75) is 130 Å². The van der Waals surface area contributed by atoms with Crippen molar-refractivity contribution in [1.82, 2.24) is 14.5 Å². The van der Waals surface area contributed by atoms with Gasteiger partial charge in [-0.1, -0.05) is 52.3 Å². The smallest absolute Gasteiger partial charge is 0.342 e. The monoisotopic (exact) mass is 971 g/mol. The average molecular weight is 972 g/mol. The lowest BCUT2D eigenvalue weighted by Gasteiger charge is -2.39. The third-order valence-electron chi connectivity index (χ3n) is 14.6. The molecule has 4 aliphatic rings. The van der Waals surface area contributed by atoms with E-state index in [1.165, 1.54) is 46.4 Å². The van der Waals surface area contributed by atoms with Gasteiger partial charge in [-0.25, -0.2) is 9.55 Å². The van der Waals surface area contributed by atoms with Gasteiger partial charge in [0.2, 0.25) is 0 Å². The fraction of sp³-hybridized carbons (Fsp3) is 0.560. The van der Waals surface area contributed by atoms with Crippen LogP contribution < -0.4 is 20.8 Å². The maximum absolute atomic E-state index is 14.9. The van der Waals surface area contributed by atoms with Crippen molar-refractivity contribution in [3.63, 3.8) is 0 Å². The van der Waals surface area contributed by atoms with Crippen LogP contribution in [0, 0.1) is 47.6 Å². The van der Waals surface area contributed by atoms with E-state index in [9.17, 15) is 44.9 Å². The lowest BCUT2D eigenvalue weighted by atomic mass is 9.76. The number of aliphatic hydroxyl groups is 2. The number of hydrogen-bond acceptors (Lipinski definition) is 17. The van der Waals surface area contributed by atoms with E-state index in [0.717, 1.165) is 0 Å². The minimum atomic E-state index is -2.02. The standard InChI is InChI=1S/C50H65N7O13/c1-11-13-32-33(67-10)16-23-68-49(9)47(63)37-35-36(43(61)29(6)46(37)70-49)44(62)40(52-48(64)26(3)15-12-14-25(2)41(59)27(4)42(60)28(5)45(32)69-31(8)58)39-38(35)53-50(54-39)17-19-55(20-18-50)21-22-56-30(7)51-24-34(56)57(65)66/h12,14-16,23-25,27-28,32-33,41-42,45,59-62H,11,13,17-22H2,1-10H3,(H,52,64)/b14-12+,23-16+,26-15-/t25-,27+,28+,32+,33-,41-,42+,45-,49-/m0/s1. The van der Waals surface area contributed by atoms with Gasteiger partial charge in [-0.05, 0) is 31.3 Å². The van der Waals surface area contributed by atoms with Crippen molar-refractivity contribution in [1.29, 1.82) is 0 Å². The number of piperidine rings is 1. The Morgan fingerprint density at radius 1 is 1.00 bits per heavy atom. The highest BCUT2D eigenvalue weighted by atomic mass is 16.7. The summed E-state index contributed by atoms with van der Waals surface area (Å²) in [6, 6.07) is 0. The first-order chi connectivity index (χ1) is 33.1. The number of methoxy groups -OCH3 is 1. The summed E-state index contributed by atoms with van der Waals surface area (Å²) in [5.74, 6) is -6.90. The maximum atomic E-state index is 14.9. The number of nitrogens with one attached hydrogen (secondary N) is 1. The van der Waals surface area contributed by atoms with Gasteiger partial charge in [0.1, 0.15) is 41.4 Å². The summed E-state index contributed by atoms with van der Waals surface area (Å²) in [5, 5.41) is 62.1. The quantitative estimate of drug-likeness (QED) is 0.0862. The number of phenolic OH excluding ortho intramolecular Hbond substituents is 2. The van der Waals surface area contributed by atoms with Gasteiger partial charge in [0, 0.05) is 101 Å². The summed E-state index contributed by atoms with van der Waals surface area (Å²) in [4.78, 5) is 69.3. The molecule has 5 N–H and O–H groups in total. The number of carbonyl (C=O) groups is 3. The van der Waals surface area contributed by atoms with Gasteiger partial charge in [0.25, 0.3) is 11.7 Å². The minimum absolute atomic E-state index is 0.00866. The van der Waals surface area contributed by atoms with Crippen LogP contribution in [0.25, 0.3) is 10.8 Å². The van der Waals surface area contributed by atoms with E-state index < -0.39 is 93.6 Å². The molecule has 2 aromatic carbocycles. The van der Waals surface area contributed by atoms with Crippen molar-refractivity contribution in [3.05, 3.63) is 80.1 Å². The molecule has 4 bridgehead atoms. The molecule has 3 aromatic rings. The van der Waals surface area contributed by atoms with Crippen LogP contribution in [0.3, 0.4) is 0 Å². The Balaban J connectivity index is 1.35. The number of nitrogens with zero attached hydrogens (tertiary/aromatic N) is 6. The van der Waals surface area contributed by atoms with E-state index in [0.29, 0.717) is 57.7 Å². The Morgan fingerprint density at radius 2 is 1.69 bits per heavy atom. The van der Waals surface area contributed by atoms with Crippen LogP contribution in [0.5, 0.6) is 17.2 Å². The second-order valence-corrected chi connectivity index (χ2v) is 19.3. The number of ether oxygens (including phenoxy) is 4. The first-order valence-corrected chi connectivity index (χ1v) is 23.8. The number of allylic oxidation sites excluding steroid dienone is 2. The predicted molar refractivity (Wildman–Crippen MR) is 256 cm³/mol. The molecule has 9 atom stereocenters. The highest BCUT2D eigenvalue weighted by molar-refractivity contribution is 6.19. The van der Waals surface area contributed by atoms with Crippen LogP contribution in [0.4, 0.5) is 11.5 Å². The summed E-state index contributed by atoms with van der Waals surface area (Å²) in [5.41, 5.74) is -0.974. The first kappa shape index (κ1) is 51.6. The summed E-state index contributed by atoms with van der Waals surface area (Å²) >= 11 is 0. The molecule has 0 aliphatic carbocycles. The number of esters is 1. The lowest BCUT2D eigenvalue weighted by molar-refractivity contribution is -0.392. The van der Waals surface area contributed by atoms with Gasteiger partial charge in [-0.3, -0.25) is 29.3 Å². The molecule has 7 rings (SSSR count). The molecule has 0 unspecified atom stereocenters. The minimum Gasteiger partial charge on any atom is -0.507 e. The number of benzene rings is 2. The molecule has 1 spiro atoms. The number of nitro groups is 1. The molecule has 1 fully saturated rings. The van der Waals surface area contributed by atoms with Crippen molar-refractivity contribution in [2.24, 2.45) is 33.7 Å². The fourth-order valence-electron chi connectivity index (χ4n) is 10.3. The van der Waals surface area contributed by atoms with E-state index in [1.807, 2.05) is 6.92 Å². The molecule has 20 heteroatoms. The maximum Gasteiger partial charge on any atom is 0.342 e. The van der Waals surface area contributed by atoms with Crippen molar-refractivity contribution < 1.29 is 58.7 Å². The molecule has 20 nitrogen and oxygen atoms in total. The molecule has 5 heterocycles. The fourth-order valence-corrected chi connectivity index (χ4v) is 10.3. The van der Waals surface area contributed by atoms with Crippen LogP contribution in [0.15, 0.2) is 52.3 Å². The summed E-state index contributed by atoms with van der Waals surface area (Å²) in [7, 11) is 1.48. The Bertz CT molecular complexity index is 2790. The highest BCUT2D eigenvalue weighted by Crippen LogP contribution is 2.50. The third-order valence-corrected chi connectivity index (χ3v) is 14.6. The number of aromatic nitrogens is 2. The van der Waals surface area contributed by atoms with Crippen LogP contribution in [-0.2, 0) is 30.3 Å². The number of hydrogen-bond donors (Lipinski definition) is 5. The molecule has 4 aliphatic heterocycles. The van der Waals surface area contributed by atoms with Crippen LogP contribution in [0.2, 0.25) is 0 Å². The largest absolute Gasteiger partial charge is 0.507 e. The zero-order valence-electron chi connectivity index (χ0n) is 41.4. The van der Waals surface area contributed by atoms with Crippen molar-refractivity contribution >= 4 is 39.9 Å². The number of imidazole rings is 1. The van der Waals surface area contributed by atoms with Gasteiger partial charge in [-0.15, -0.1) is 0 Å². The SMILES string of the molecule is CCC[C@H]1[C@@H](OC(C)=O)[C@H](C)[C@H](O)[C@H](C)[C@@H](O)[C@@H](C)/C=C/C=C(/C)C(=O)Nc2c(O)c3c(O)c(C)c4c(c3c3c2=NC2(CCN(CCn5c([N+](=O)[O-])cnc5C)CC2)N=3)C(=O)[C@@](C)(O/C=C/[C@@H]1OC)O4. The van der Waals surface area contributed by atoms with E-state index in [-0.39, 0.29) is 55.4 Å². The molecule has 70 heavy (non-hydrogen) atoms.